The fraction of sp³-hybridized carbons (Fsp3) is 0.286. The summed E-state index contributed by atoms with van der Waals surface area (Å²) in [5.41, 5.74) is 2.34. The number of rotatable bonds is 6. The topological polar surface area (TPSA) is 64.3 Å². The molecule has 6 nitrogen and oxygen atoms in total. The van der Waals surface area contributed by atoms with Crippen LogP contribution in [0.15, 0.2) is 47.3 Å². The Morgan fingerprint density at radius 1 is 1.21 bits per heavy atom. The number of nitrogens with one attached hydrogen (secondary N) is 2. The predicted octanol–water partition coefficient (Wildman–Crippen LogP) is 3.65. The van der Waals surface area contributed by atoms with E-state index in [4.69, 9.17) is 23.8 Å². The van der Waals surface area contributed by atoms with Crippen LogP contribution in [0.4, 0.5) is 5.69 Å². The summed E-state index contributed by atoms with van der Waals surface area (Å²) in [6.07, 6.45) is 0. The molecule has 29 heavy (non-hydrogen) atoms. The largest absolute Gasteiger partial charge is 0.340 e. The summed E-state index contributed by atoms with van der Waals surface area (Å²) >= 11 is 11.9. The Balaban J connectivity index is 1.83. The van der Waals surface area contributed by atoms with Crippen molar-refractivity contribution in [3.05, 3.63) is 69.2 Å². The molecule has 2 aromatic carbocycles. The summed E-state index contributed by atoms with van der Waals surface area (Å²) in [5.74, 6) is 0.568. The molecule has 3 aromatic rings. The van der Waals surface area contributed by atoms with E-state index in [1.165, 1.54) is 0 Å². The third kappa shape index (κ3) is 5.53. The molecule has 0 atom stereocenters. The third-order valence-corrected chi connectivity index (χ3v) is 5.30. The van der Waals surface area contributed by atoms with Crippen molar-refractivity contribution >= 4 is 45.5 Å². The van der Waals surface area contributed by atoms with Crippen molar-refractivity contribution < 1.29 is 0 Å². The highest BCUT2D eigenvalue weighted by molar-refractivity contribution is 7.80. The lowest BCUT2D eigenvalue weighted by atomic mass is 10.2. The first-order chi connectivity index (χ1) is 13.8. The molecule has 0 unspecified atom stereocenters. The number of aromatic nitrogens is 2. The van der Waals surface area contributed by atoms with Gasteiger partial charge in [-0.15, -0.1) is 0 Å². The molecule has 3 rings (SSSR count). The van der Waals surface area contributed by atoms with E-state index in [1.807, 2.05) is 62.3 Å². The maximum Gasteiger partial charge on any atom is 0.258 e. The van der Waals surface area contributed by atoms with Gasteiger partial charge in [0.25, 0.3) is 5.56 Å². The SMILES string of the molecule is Cc1ccc(NC(=S)N(CCN(C)C)Cc2nc3ccccc3c(=O)[nH]2)cc1Cl. The predicted molar refractivity (Wildman–Crippen MR) is 124 cm³/mol. The third-order valence-electron chi connectivity index (χ3n) is 4.53. The summed E-state index contributed by atoms with van der Waals surface area (Å²) in [7, 11) is 4.01. The van der Waals surface area contributed by atoms with Gasteiger partial charge in [0, 0.05) is 23.8 Å². The van der Waals surface area contributed by atoms with Crippen molar-refractivity contribution in [3.63, 3.8) is 0 Å². The molecule has 0 saturated carbocycles. The number of hydrogen-bond donors (Lipinski definition) is 2. The number of anilines is 1. The summed E-state index contributed by atoms with van der Waals surface area (Å²) in [5, 5.41) is 5.04. The molecule has 0 saturated heterocycles. The normalized spacial score (nSPS) is 11.1. The number of H-pyrrole nitrogens is 1. The Bertz CT molecular complexity index is 1080. The summed E-state index contributed by atoms with van der Waals surface area (Å²) in [6.45, 7) is 3.82. The number of para-hydroxylation sites is 1. The Labute approximate surface area is 180 Å². The molecule has 152 valence electrons. The van der Waals surface area contributed by atoms with Gasteiger partial charge in [0.05, 0.1) is 17.4 Å². The molecular formula is C21H24ClN5OS. The number of benzene rings is 2. The van der Waals surface area contributed by atoms with Crippen LogP contribution in [0.25, 0.3) is 10.9 Å². The summed E-state index contributed by atoms with van der Waals surface area (Å²) in [6, 6.07) is 13.0. The average Bonchev–Trinajstić information content (AvgIpc) is 2.68. The van der Waals surface area contributed by atoms with E-state index in [0.717, 1.165) is 17.8 Å². The van der Waals surface area contributed by atoms with Gasteiger partial charge in [-0.3, -0.25) is 4.79 Å². The number of nitrogens with zero attached hydrogens (tertiary/aromatic N) is 3. The number of halogens is 1. The molecule has 0 spiro atoms. The Morgan fingerprint density at radius 2 is 1.97 bits per heavy atom. The summed E-state index contributed by atoms with van der Waals surface area (Å²) < 4.78 is 0. The zero-order valence-corrected chi connectivity index (χ0v) is 18.3. The number of likely N-dealkylation sites (N-methyl/N-ethyl adjacent to an activating group) is 1. The quantitative estimate of drug-likeness (QED) is 0.583. The lowest BCUT2D eigenvalue weighted by Gasteiger charge is -2.27. The first kappa shape index (κ1) is 21.2. The second kappa shape index (κ2) is 9.35. The van der Waals surface area contributed by atoms with Gasteiger partial charge >= 0.3 is 0 Å². The van der Waals surface area contributed by atoms with E-state index in [-0.39, 0.29) is 5.56 Å². The van der Waals surface area contributed by atoms with E-state index < -0.39 is 0 Å². The van der Waals surface area contributed by atoms with Crippen LogP contribution < -0.4 is 10.9 Å². The van der Waals surface area contributed by atoms with Gasteiger partial charge in [0.2, 0.25) is 0 Å². The fourth-order valence-electron chi connectivity index (χ4n) is 2.84. The van der Waals surface area contributed by atoms with Crippen LogP contribution in [-0.2, 0) is 6.54 Å². The van der Waals surface area contributed by atoms with E-state index in [9.17, 15) is 4.79 Å². The second-order valence-corrected chi connectivity index (χ2v) is 7.94. The molecule has 0 aliphatic rings. The van der Waals surface area contributed by atoms with Gasteiger partial charge in [-0.1, -0.05) is 29.8 Å². The Morgan fingerprint density at radius 3 is 2.69 bits per heavy atom. The van der Waals surface area contributed by atoms with Gasteiger partial charge in [0.1, 0.15) is 5.82 Å². The Hall–Kier alpha value is -2.48. The summed E-state index contributed by atoms with van der Waals surface area (Å²) in [4.78, 5) is 23.9. The van der Waals surface area contributed by atoms with Crippen LogP contribution in [0.5, 0.6) is 0 Å². The monoisotopic (exact) mass is 429 g/mol. The van der Waals surface area contributed by atoms with Crippen molar-refractivity contribution in [2.24, 2.45) is 0 Å². The number of thiocarbonyl (C=S) groups is 1. The molecule has 1 heterocycles. The highest BCUT2D eigenvalue weighted by Gasteiger charge is 2.14. The van der Waals surface area contributed by atoms with Crippen LogP contribution in [0.3, 0.4) is 0 Å². The molecule has 0 aliphatic heterocycles. The molecule has 0 aliphatic carbocycles. The van der Waals surface area contributed by atoms with Crippen LogP contribution >= 0.6 is 23.8 Å². The maximum atomic E-state index is 12.4. The molecule has 1 aromatic heterocycles. The maximum absolute atomic E-state index is 12.4. The van der Waals surface area contributed by atoms with Gasteiger partial charge < -0.3 is 20.1 Å². The van der Waals surface area contributed by atoms with E-state index in [0.29, 0.717) is 40.0 Å². The molecule has 8 heteroatoms. The second-order valence-electron chi connectivity index (χ2n) is 7.15. The minimum absolute atomic E-state index is 0.151. The molecule has 0 radical (unpaired) electrons. The smallest absolute Gasteiger partial charge is 0.258 e. The van der Waals surface area contributed by atoms with E-state index in [1.54, 1.807) is 6.07 Å². The lowest BCUT2D eigenvalue weighted by Crippen LogP contribution is -2.39. The van der Waals surface area contributed by atoms with Gasteiger partial charge in [-0.25, -0.2) is 4.98 Å². The highest BCUT2D eigenvalue weighted by Crippen LogP contribution is 2.20. The minimum Gasteiger partial charge on any atom is -0.340 e. The zero-order valence-electron chi connectivity index (χ0n) is 16.7. The van der Waals surface area contributed by atoms with E-state index >= 15 is 0 Å². The van der Waals surface area contributed by atoms with Crippen LogP contribution in [0.2, 0.25) is 5.02 Å². The van der Waals surface area contributed by atoms with Crippen LogP contribution in [0, 0.1) is 6.92 Å². The van der Waals surface area contributed by atoms with Crippen molar-refractivity contribution in [3.8, 4) is 0 Å². The van der Waals surface area contributed by atoms with Crippen molar-refractivity contribution in [1.82, 2.24) is 19.8 Å². The molecule has 2 N–H and O–H groups in total. The Kier molecular flexibility index (Phi) is 6.84. The first-order valence-electron chi connectivity index (χ1n) is 9.28. The van der Waals surface area contributed by atoms with Gasteiger partial charge in [-0.2, -0.15) is 0 Å². The van der Waals surface area contributed by atoms with Crippen molar-refractivity contribution in [2.45, 2.75) is 13.5 Å². The highest BCUT2D eigenvalue weighted by atomic mass is 35.5. The number of aryl methyl sites for hydroxylation is 1. The lowest BCUT2D eigenvalue weighted by molar-refractivity contribution is 0.323. The molecular weight excluding hydrogens is 406 g/mol. The number of fused-ring (bicyclic) bond motifs is 1. The molecule has 0 fully saturated rings. The fourth-order valence-corrected chi connectivity index (χ4v) is 3.29. The van der Waals surface area contributed by atoms with Crippen LogP contribution in [0.1, 0.15) is 11.4 Å². The zero-order chi connectivity index (χ0) is 21.0. The average molecular weight is 430 g/mol. The van der Waals surface area contributed by atoms with Crippen molar-refractivity contribution in [2.75, 3.05) is 32.5 Å². The number of hydrogen-bond acceptors (Lipinski definition) is 4. The molecule has 0 amide bonds. The van der Waals surface area contributed by atoms with Crippen LogP contribution in [-0.4, -0.2) is 52.1 Å². The number of aromatic amines is 1. The minimum atomic E-state index is -0.151. The van der Waals surface area contributed by atoms with Gasteiger partial charge in [0.15, 0.2) is 5.11 Å². The standard InChI is InChI=1S/C21H24ClN5OS/c1-14-8-9-15(12-17(14)22)23-21(29)27(11-10-26(2)3)13-19-24-18-7-5-4-6-16(18)20(28)25-19/h4-9,12H,10-11,13H2,1-3H3,(H,23,29)(H,24,25,28). The van der Waals surface area contributed by atoms with Gasteiger partial charge in [-0.05, 0) is 63.1 Å². The van der Waals surface area contributed by atoms with Crippen molar-refractivity contribution in [1.29, 1.82) is 0 Å². The van der Waals surface area contributed by atoms with E-state index in [2.05, 4.69) is 20.2 Å². The first-order valence-corrected chi connectivity index (χ1v) is 10.1. The molecule has 0 bridgehead atoms.